The van der Waals surface area contributed by atoms with Crippen molar-refractivity contribution in [3.05, 3.63) is 23.3 Å². The summed E-state index contributed by atoms with van der Waals surface area (Å²) in [5.41, 5.74) is 7.79. The summed E-state index contributed by atoms with van der Waals surface area (Å²) in [5, 5.41) is 15.8. The number of aromatic hydroxyl groups is 2. The van der Waals surface area contributed by atoms with Crippen LogP contribution in [0, 0.1) is 23.3 Å². The lowest BCUT2D eigenvalue weighted by Gasteiger charge is -2.12. The molecular weight excluding hydrogens is 256 g/mol. The molecule has 0 aliphatic carbocycles. The first-order valence-electron chi connectivity index (χ1n) is 4.53. The third-order valence-corrected chi connectivity index (χ3v) is 2.53. The Bertz CT molecular complexity index is 575. The van der Waals surface area contributed by atoms with Crippen LogP contribution >= 0.6 is 0 Å². The number of nitrogen functional groups attached to an aromatic ring is 2. The molecular formula is C10H6F4N2O2. The normalized spacial score (nSPS) is 11.1. The quantitative estimate of drug-likeness (QED) is 0.332. The Balaban J connectivity index is 3.22. The molecule has 96 valence electrons. The van der Waals surface area contributed by atoms with Gasteiger partial charge in [-0.3, -0.25) is 0 Å². The van der Waals surface area contributed by atoms with Crippen LogP contribution in [0.2, 0.25) is 0 Å². The summed E-state index contributed by atoms with van der Waals surface area (Å²) >= 11 is 0. The van der Waals surface area contributed by atoms with E-state index in [2.05, 4.69) is 0 Å². The first-order valence-corrected chi connectivity index (χ1v) is 4.53. The molecule has 0 saturated heterocycles. The Kier molecular flexibility index (Phi) is 2.39. The molecule has 2 rings (SSSR count). The average molecular weight is 262 g/mol. The van der Waals surface area contributed by atoms with Crippen molar-refractivity contribution in [1.82, 2.24) is 0 Å². The monoisotopic (exact) mass is 262 g/mol. The molecule has 0 unspecified atom stereocenters. The SMILES string of the molecule is Nc1c(O)c(F)c2c(F)c(N)c(O)c(F)c2c1F. The predicted molar refractivity (Wildman–Crippen MR) is 55.9 cm³/mol. The van der Waals surface area contributed by atoms with Crippen LogP contribution in [0.25, 0.3) is 10.8 Å². The van der Waals surface area contributed by atoms with Crippen LogP contribution in [-0.4, -0.2) is 10.2 Å². The minimum Gasteiger partial charge on any atom is -0.503 e. The second-order valence-electron chi connectivity index (χ2n) is 3.53. The van der Waals surface area contributed by atoms with E-state index in [4.69, 9.17) is 21.7 Å². The predicted octanol–water partition coefficient (Wildman–Crippen LogP) is 1.97. The molecule has 0 atom stereocenters. The minimum atomic E-state index is -1.66. The molecule has 0 bridgehead atoms. The van der Waals surface area contributed by atoms with Gasteiger partial charge in [0.25, 0.3) is 0 Å². The Morgan fingerprint density at radius 1 is 0.611 bits per heavy atom. The fraction of sp³-hybridized carbons (Fsp3) is 0. The average Bonchev–Trinajstić information content (AvgIpc) is 2.35. The second-order valence-corrected chi connectivity index (χ2v) is 3.53. The van der Waals surface area contributed by atoms with E-state index in [1.807, 2.05) is 0 Å². The number of nitrogens with two attached hydrogens (primary N) is 2. The third kappa shape index (κ3) is 1.25. The van der Waals surface area contributed by atoms with Gasteiger partial charge < -0.3 is 21.7 Å². The fourth-order valence-corrected chi connectivity index (χ4v) is 1.58. The van der Waals surface area contributed by atoms with Crippen LogP contribution in [-0.2, 0) is 0 Å². The van der Waals surface area contributed by atoms with Crippen LogP contribution in [0.4, 0.5) is 28.9 Å². The van der Waals surface area contributed by atoms with E-state index in [0.717, 1.165) is 0 Å². The zero-order valence-electron chi connectivity index (χ0n) is 8.56. The molecule has 0 aliphatic rings. The molecule has 0 saturated carbocycles. The van der Waals surface area contributed by atoms with Gasteiger partial charge in [0.05, 0.1) is 10.8 Å². The first-order chi connectivity index (χ1) is 8.29. The van der Waals surface area contributed by atoms with Crippen molar-refractivity contribution < 1.29 is 27.8 Å². The van der Waals surface area contributed by atoms with E-state index in [1.54, 1.807) is 0 Å². The number of halogens is 4. The number of phenols is 2. The lowest BCUT2D eigenvalue weighted by atomic mass is 10.0. The maximum atomic E-state index is 13.6. The highest BCUT2D eigenvalue weighted by Crippen LogP contribution is 2.42. The third-order valence-electron chi connectivity index (χ3n) is 2.53. The summed E-state index contributed by atoms with van der Waals surface area (Å²) in [6.45, 7) is 0. The smallest absolute Gasteiger partial charge is 0.178 e. The Morgan fingerprint density at radius 2 is 0.889 bits per heavy atom. The minimum absolute atomic E-state index is 1.09. The summed E-state index contributed by atoms with van der Waals surface area (Å²) in [6.07, 6.45) is 0. The van der Waals surface area contributed by atoms with E-state index in [1.165, 1.54) is 0 Å². The van der Waals surface area contributed by atoms with Crippen LogP contribution in [0.5, 0.6) is 11.5 Å². The van der Waals surface area contributed by atoms with Gasteiger partial charge in [0.15, 0.2) is 34.8 Å². The molecule has 0 amide bonds. The number of hydrogen-bond acceptors (Lipinski definition) is 4. The molecule has 0 spiro atoms. The van der Waals surface area contributed by atoms with Crippen LogP contribution in [0.15, 0.2) is 0 Å². The number of hydrogen-bond donors (Lipinski definition) is 4. The number of fused-ring (bicyclic) bond motifs is 1. The van der Waals surface area contributed by atoms with Gasteiger partial charge in [-0.25, -0.2) is 17.6 Å². The highest BCUT2D eigenvalue weighted by atomic mass is 19.1. The lowest BCUT2D eigenvalue weighted by molar-refractivity contribution is 0.424. The van der Waals surface area contributed by atoms with Crippen LogP contribution in [0.1, 0.15) is 0 Å². The van der Waals surface area contributed by atoms with Crippen molar-refractivity contribution in [2.45, 2.75) is 0 Å². The fourth-order valence-electron chi connectivity index (χ4n) is 1.58. The second kappa shape index (κ2) is 3.56. The van der Waals surface area contributed by atoms with E-state index < -0.39 is 56.9 Å². The highest BCUT2D eigenvalue weighted by molar-refractivity contribution is 5.94. The summed E-state index contributed by atoms with van der Waals surface area (Å²) in [5.74, 6) is -9.21. The molecule has 2 aromatic carbocycles. The summed E-state index contributed by atoms with van der Waals surface area (Å²) in [6, 6.07) is 0. The Hall–Kier alpha value is -2.38. The molecule has 4 nitrogen and oxygen atoms in total. The van der Waals surface area contributed by atoms with Crippen LogP contribution < -0.4 is 11.5 Å². The standard InChI is InChI=1S/C10H6F4N2O2/c11-3-1-2(6(14)10(18)7(3)15)4(12)8(16)9(17)5(1)13/h17-18H,15-16H2. The van der Waals surface area contributed by atoms with Crippen molar-refractivity contribution in [2.24, 2.45) is 0 Å². The summed E-state index contributed by atoms with van der Waals surface area (Å²) < 4.78 is 54.3. The van der Waals surface area contributed by atoms with Gasteiger partial charge in [-0.15, -0.1) is 0 Å². The van der Waals surface area contributed by atoms with Crippen molar-refractivity contribution in [1.29, 1.82) is 0 Å². The number of phenolic OH excluding ortho intramolecular Hbond substituents is 2. The van der Waals surface area contributed by atoms with Crippen molar-refractivity contribution in [2.75, 3.05) is 11.5 Å². The maximum absolute atomic E-state index is 13.6. The maximum Gasteiger partial charge on any atom is 0.178 e. The molecule has 2 aromatic rings. The molecule has 0 radical (unpaired) electrons. The van der Waals surface area contributed by atoms with Crippen molar-refractivity contribution in [3.8, 4) is 11.5 Å². The molecule has 0 fully saturated rings. The van der Waals surface area contributed by atoms with E-state index in [9.17, 15) is 17.6 Å². The van der Waals surface area contributed by atoms with E-state index >= 15 is 0 Å². The Morgan fingerprint density at radius 3 is 1.17 bits per heavy atom. The van der Waals surface area contributed by atoms with Gasteiger partial charge in [-0.2, -0.15) is 0 Å². The molecule has 0 heterocycles. The first kappa shape index (κ1) is 12.1. The van der Waals surface area contributed by atoms with Crippen LogP contribution in [0.3, 0.4) is 0 Å². The number of rotatable bonds is 0. The number of anilines is 2. The molecule has 8 heteroatoms. The van der Waals surface area contributed by atoms with Gasteiger partial charge in [0.1, 0.15) is 11.4 Å². The van der Waals surface area contributed by atoms with Crippen molar-refractivity contribution >= 4 is 22.1 Å². The Labute approximate surface area is 97.0 Å². The van der Waals surface area contributed by atoms with Crippen molar-refractivity contribution in [3.63, 3.8) is 0 Å². The summed E-state index contributed by atoms with van der Waals surface area (Å²) in [7, 11) is 0. The van der Waals surface area contributed by atoms with E-state index in [-0.39, 0.29) is 0 Å². The van der Waals surface area contributed by atoms with E-state index in [0.29, 0.717) is 0 Å². The van der Waals surface area contributed by atoms with Gasteiger partial charge >= 0.3 is 0 Å². The largest absolute Gasteiger partial charge is 0.503 e. The lowest BCUT2D eigenvalue weighted by Crippen LogP contribution is -2.03. The molecule has 0 aliphatic heterocycles. The van der Waals surface area contributed by atoms with Gasteiger partial charge in [-0.05, 0) is 0 Å². The molecule has 6 N–H and O–H groups in total. The van der Waals surface area contributed by atoms with Gasteiger partial charge in [-0.1, -0.05) is 0 Å². The summed E-state index contributed by atoms with van der Waals surface area (Å²) in [4.78, 5) is 0. The number of benzene rings is 2. The topological polar surface area (TPSA) is 92.5 Å². The zero-order valence-corrected chi connectivity index (χ0v) is 8.56. The molecule has 18 heavy (non-hydrogen) atoms. The molecule has 0 aromatic heterocycles. The highest BCUT2D eigenvalue weighted by Gasteiger charge is 2.27. The zero-order chi connectivity index (χ0) is 13.8. The van der Waals surface area contributed by atoms with Gasteiger partial charge in [0, 0.05) is 0 Å². The van der Waals surface area contributed by atoms with Gasteiger partial charge in [0.2, 0.25) is 0 Å².